The molecule has 1 aliphatic carbocycles. The fraction of sp³-hybridized carbons (Fsp3) is 0.438. The molecule has 1 aliphatic rings. The minimum absolute atomic E-state index is 0.00543. The molecule has 0 atom stereocenters. The molecule has 0 saturated heterocycles. The smallest absolute Gasteiger partial charge is 0.371 e. The minimum atomic E-state index is -1.03. The van der Waals surface area contributed by atoms with Crippen molar-refractivity contribution in [1.82, 2.24) is 5.32 Å². The third kappa shape index (κ3) is 2.31. The van der Waals surface area contributed by atoms with Gasteiger partial charge in [-0.3, -0.25) is 0 Å². The Hall–Kier alpha value is -1.81. The SMILES string of the molecule is CCC1(NCc2ccc3oc(C(=O)O)cc3c2)CCC1. The second-order valence-corrected chi connectivity index (χ2v) is 5.63. The van der Waals surface area contributed by atoms with E-state index in [2.05, 4.69) is 12.2 Å². The first kappa shape index (κ1) is 13.2. The van der Waals surface area contributed by atoms with E-state index in [0.29, 0.717) is 11.1 Å². The van der Waals surface area contributed by atoms with Gasteiger partial charge in [0, 0.05) is 17.5 Å². The van der Waals surface area contributed by atoms with Gasteiger partial charge >= 0.3 is 5.97 Å². The molecule has 4 heteroatoms. The second-order valence-electron chi connectivity index (χ2n) is 5.63. The molecular weight excluding hydrogens is 254 g/mol. The molecule has 106 valence electrons. The van der Waals surface area contributed by atoms with E-state index in [-0.39, 0.29) is 5.76 Å². The van der Waals surface area contributed by atoms with Crippen LogP contribution >= 0.6 is 0 Å². The minimum Gasteiger partial charge on any atom is -0.475 e. The van der Waals surface area contributed by atoms with E-state index in [9.17, 15) is 4.79 Å². The molecule has 0 spiro atoms. The van der Waals surface area contributed by atoms with E-state index in [1.165, 1.54) is 19.3 Å². The predicted molar refractivity (Wildman–Crippen MR) is 76.9 cm³/mol. The third-order valence-electron chi connectivity index (χ3n) is 4.45. The largest absolute Gasteiger partial charge is 0.475 e. The Kier molecular flexibility index (Phi) is 3.26. The van der Waals surface area contributed by atoms with Crippen LogP contribution in [-0.4, -0.2) is 16.6 Å². The number of aromatic carboxylic acids is 1. The van der Waals surface area contributed by atoms with Crippen molar-refractivity contribution in [2.45, 2.75) is 44.7 Å². The summed E-state index contributed by atoms with van der Waals surface area (Å²) in [5.41, 5.74) is 2.10. The van der Waals surface area contributed by atoms with Crippen LogP contribution in [0.15, 0.2) is 28.7 Å². The standard InChI is InChI=1S/C16H19NO3/c1-2-16(6-3-7-16)17-10-11-4-5-13-12(8-11)9-14(20-13)15(18)19/h4-5,8-9,17H,2-3,6-7,10H2,1H3,(H,18,19). The first-order valence-electron chi connectivity index (χ1n) is 7.13. The fourth-order valence-corrected chi connectivity index (χ4v) is 2.86. The van der Waals surface area contributed by atoms with Crippen LogP contribution in [0.5, 0.6) is 0 Å². The summed E-state index contributed by atoms with van der Waals surface area (Å²) in [4.78, 5) is 10.9. The Balaban J connectivity index is 1.77. The lowest BCUT2D eigenvalue weighted by Crippen LogP contribution is -2.49. The molecule has 2 aromatic rings. The Morgan fingerprint density at radius 3 is 2.80 bits per heavy atom. The molecule has 1 saturated carbocycles. The van der Waals surface area contributed by atoms with Crippen molar-refractivity contribution in [3.8, 4) is 0 Å². The summed E-state index contributed by atoms with van der Waals surface area (Å²) in [5, 5.41) is 13.4. The number of fused-ring (bicyclic) bond motifs is 1. The Labute approximate surface area is 117 Å². The number of hydrogen-bond donors (Lipinski definition) is 2. The maximum absolute atomic E-state index is 10.9. The van der Waals surface area contributed by atoms with Crippen molar-refractivity contribution >= 4 is 16.9 Å². The van der Waals surface area contributed by atoms with Crippen LogP contribution in [0.1, 0.15) is 48.7 Å². The number of rotatable bonds is 5. The number of hydrogen-bond acceptors (Lipinski definition) is 3. The predicted octanol–water partition coefficient (Wildman–Crippen LogP) is 3.55. The van der Waals surface area contributed by atoms with Crippen LogP contribution in [0, 0.1) is 0 Å². The molecule has 0 aliphatic heterocycles. The first-order valence-corrected chi connectivity index (χ1v) is 7.13. The van der Waals surface area contributed by atoms with Crippen LogP contribution in [0.4, 0.5) is 0 Å². The number of carboxylic acid groups (broad SMARTS) is 1. The summed E-state index contributed by atoms with van der Waals surface area (Å²) in [6.07, 6.45) is 4.97. The lowest BCUT2D eigenvalue weighted by molar-refractivity contribution is 0.0665. The summed E-state index contributed by atoms with van der Waals surface area (Å²) in [5.74, 6) is -1.03. The molecule has 0 amide bonds. The van der Waals surface area contributed by atoms with Gasteiger partial charge in [0.05, 0.1) is 0 Å². The van der Waals surface area contributed by atoms with Gasteiger partial charge in [-0.2, -0.15) is 0 Å². The van der Waals surface area contributed by atoms with Crippen molar-refractivity contribution in [3.05, 3.63) is 35.6 Å². The molecule has 0 unspecified atom stereocenters. The Morgan fingerprint density at radius 1 is 1.40 bits per heavy atom. The molecule has 1 aromatic carbocycles. The molecule has 4 nitrogen and oxygen atoms in total. The summed E-state index contributed by atoms with van der Waals surface area (Å²) in [6, 6.07) is 7.42. The molecule has 3 rings (SSSR count). The lowest BCUT2D eigenvalue weighted by Gasteiger charge is -2.42. The average molecular weight is 273 g/mol. The van der Waals surface area contributed by atoms with Crippen molar-refractivity contribution in [3.63, 3.8) is 0 Å². The summed E-state index contributed by atoms with van der Waals surface area (Å²) >= 11 is 0. The molecule has 1 fully saturated rings. The monoisotopic (exact) mass is 273 g/mol. The normalized spacial score (nSPS) is 17.1. The van der Waals surface area contributed by atoms with E-state index >= 15 is 0 Å². The van der Waals surface area contributed by atoms with Crippen molar-refractivity contribution in [2.24, 2.45) is 0 Å². The highest BCUT2D eigenvalue weighted by Gasteiger charge is 2.34. The van der Waals surface area contributed by atoms with Gasteiger partial charge in [0.2, 0.25) is 5.76 Å². The van der Waals surface area contributed by atoms with E-state index in [1.807, 2.05) is 18.2 Å². The van der Waals surface area contributed by atoms with Gasteiger partial charge in [-0.1, -0.05) is 13.0 Å². The zero-order valence-corrected chi connectivity index (χ0v) is 11.6. The second kappa shape index (κ2) is 4.94. The van der Waals surface area contributed by atoms with Crippen LogP contribution in [0.25, 0.3) is 11.0 Å². The Morgan fingerprint density at radius 2 is 2.20 bits per heavy atom. The van der Waals surface area contributed by atoms with E-state index < -0.39 is 5.97 Å². The lowest BCUT2D eigenvalue weighted by atomic mass is 9.75. The topological polar surface area (TPSA) is 62.5 Å². The van der Waals surface area contributed by atoms with Gasteiger partial charge in [0.15, 0.2) is 0 Å². The van der Waals surface area contributed by atoms with Crippen molar-refractivity contribution in [2.75, 3.05) is 0 Å². The Bertz CT molecular complexity index is 635. The van der Waals surface area contributed by atoms with E-state index in [0.717, 1.165) is 23.9 Å². The maximum atomic E-state index is 10.9. The van der Waals surface area contributed by atoms with E-state index in [1.54, 1.807) is 6.07 Å². The molecule has 0 radical (unpaired) electrons. The first-order chi connectivity index (χ1) is 9.62. The van der Waals surface area contributed by atoms with Crippen molar-refractivity contribution < 1.29 is 14.3 Å². The van der Waals surface area contributed by atoms with Crippen LogP contribution in [-0.2, 0) is 6.54 Å². The van der Waals surface area contributed by atoms with Gasteiger partial charge in [-0.15, -0.1) is 0 Å². The zero-order chi connectivity index (χ0) is 14.2. The molecular formula is C16H19NO3. The average Bonchev–Trinajstić information content (AvgIpc) is 2.81. The van der Waals surface area contributed by atoms with Gasteiger partial charge in [0.1, 0.15) is 5.58 Å². The zero-order valence-electron chi connectivity index (χ0n) is 11.6. The van der Waals surface area contributed by atoms with Gasteiger partial charge in [-0.25, -0.2) is 4.79 Å². The van der Waals surface area contributed by atoms with E-state index in [4.69, 9.17) is 9.52 Å². The summed E-state index contributed by atoms with van der Waals surface area (Å²) < 4.78 is 5.26. The molecule has 1 aromatic heterocycles. The molecule has 2 N–H and O–H groups in total. The van der Waals surface area contributed by atoms with Gasteiger partial charge < -0.3 is 14.8 Å². The highest BCUT2D eigenvalue weighted by Crippen LogP contribution is 2.35. The number of benzene rings is 1. The highest BCUT2D eigenvalue weighted by molar-refractivity contribution is 5.91. The van der Waals surface area contributed by atoms with Gasteiger partial charge in [-0.05, 0) is 49.4 Å². The number of carboxylic acids is 1. The summed E-state index contributed by atoms with van der Waals surface area (Å²) in [7, 11) is 0. The number of nitrogens with one attached hydrogen (secondary N) is 1. The number of furan rings is 1. The maximum Gasteiger partial charge on any atom is 0.371 e. The van der Waals surface area contributed by atoms with Gasteiger partial charge in [0.25, 0.3) is 0 Å². The molecule has 20 heavy (non-hydrogen) atoms. The quantitative estimate of drug-likeness (QED) is 0.874. The van der Waals surface area contributed by atoms with Crippen LogP contribution < -0.4 is 5.32 Å². The molecule has 1 heterocycles. The number of carbonyl (C=O) groups is 1. The summed E-state index contributed by atoms with van der Waals surface area (Å²) in [6.45, 7) is 3.04. The third-order valence-corrected chi connectivity index (χ3v) is 4.45. The highest BCUT2D eigenvalue weighted by atomic mass is 16.4. The van der Waals surface area contributed by atoms with Crippen molar-refractivity contribution in [1.29, 1.82) is 0 Å². The molecule has 0 bridgehead atoms. The van der Waals surface area contributed by atoms with Crippen LogP contribution in [0.3, 0.4) is 0 Å². The van der Waals surface area contributed by atoms with Crippen LogP contribution in [0.2, 0.25) is 0 Å². The fourth-order valence-electron chi connectivity index (χ4n) is 2.86.